The summed E-state index contributed by atoms with van der Waals surface area (Å²) >= 11 is 0. The second-order valence-electron chi connectivity index (χ2n) is 5.54. The summed E-state index contributed by atoms with van der Waals surface area (Å²) < 4.78 is 0. The number of nitrogens with zero attached hydrogens (tertiary/aromatic N) is 1. The summed E-state index contributed by atoms with van der Waals surface area (Å²) in [7, 11) is 0. The number of pyridine rings is 1. The van der Waals surface area contributed by atoms with Crippen molar-refractivity contribution in [2.45, 2.75) is 65.8 Å². The molecular weight excluding hydrogens is 232 g/mol. The first-order valence-corrected chi connectivity index (χ1v) is 7.87. The SMILES string of the molecule is CCCCC(CC)C(NCCC)c1cncc(C)c1. The smallest absolute Gasteiger partial charge is 0.0363 e. The van der Waals surface area contributed by atoms with E-state index in [0.717, 1.165) is 12.5 Å². The third kappa shape index (κ3) is 5.32. The molecule has 0 aromatic carbocycles. The normalized spacial score (nSPS) is 14.3. The molecule has 0 saturated carbocycles. The Balaban J connectivity index is 2.85. The Bertz CT molecular complexity index is 349. The van der Waals surface area contributed by atoms with Crippen LogP contribution in [0.3, 0.4) is 0 Å². The highest BCUT2D eigenvalue weighted by Gasteiger charge is 2.21. The van der Waals surface area contributed by atoms with Crippen molar-refractivity contribution >= 4 is 0 Å². The zero-order chi connectivity index (χ0) is 14.1. The molecule has 2 nitrogen and oxygen atoms in total. The Kier molecular flexibility index (Phi) is 7.73. The van der Waals surface area contributed by atoms with Crippen LogP contribution in [-0.2, 0) is 0 Å². The minimum Gasteiger partial charge on any atom is -0.310 e. The van der Waals surface area contributed by atoms with E-state index in [0.29, 0.717) is 6.04 Å². The molecule has 0 aliphatic heterocycles. The summed E-state index contributed by atoms with van der Waals surface area (Å²) in [6.45, 7) is 10.0. The zero-order valence-electron chi connectivity index (χ0n) is 13.1. The van der Waals surface area contributed by atoms with Crippen LogP contribution in [0.2, 0.25) is 0 Å². The number of hydrogen-bond donors (Lipinski definition) is 1. The van der Waals surface area contributed by atoms with Crippen LogP contribution in [0.1, 0.15) is 70.0 Å². The van der Waals surface area contributed by atoms with Crippen LogP contribution in [0.25, 0.3) is 0 Å². The van der Waals surface area contributed by atoms with Gasteiger partial charge in [0.05, 0.1) is 0 Å². The van der Waals surface area contributed by atoms with Gasteiger partial charge in [-0.1, -0.05) is 46.1 Å². The molecule has 0 amide bonds. The monoisotopic (exact) mass is 262 g/mol. The molecule has 0 aliphatic rings. The summed E-state index contributed by atoms with van der Waals surface area (Å²) in [5.41, 5.74) is 2.61. The molecule has 0 aliphatic carbocycles. The van der Waals surface area contributed by atoms with Crippen molar-refractivity contribution in [1.82, 2.24) is 10.3 Å². The van der Waals surface area contributed by atoms with Gasteiger partial charge in [0.15, 0.2) is 0 Å². The van der Waals surface area contributed by atoms with Gasteiger partial charge in [-0.05, 0) is 43.4 Å². The van der Waals surface area contributed by atoms with E-state index in [1.165, 1.54) is 43.2 Å². The van der Waals surface area contributed by atoms with E-state index < -0.39 is 0 Å². The second kappa shape index (κ2) is 9.08. The largest absolute Gasteiger partial charge is 0.310 e. The Morgan fingerprint density at radius 2 is 1.95 bits per heavy atom. The number of unbranched alkanes of at least 4 members (excludes halogenated alkanes) is 1. The fourth-order valence-corrected chi connectivity index (χ4v) is 2.68. The van der Waals surface area contributed by atoms with Crippen LogP contribution < -0.4 is 5.32 Å². The molecular formula is C17H30N2. The highest BCUT2D eigenvalue weighted by atomic mass is 14.9. The minimum absolute atomic E-state index is 0.462. The summed E-state index contributed by atoms with van der Waals surface area (Å²) in [5.74, 6) is 0.718. The van der Waals surface area contributed by atoms with E-state index in [1.807, 2.05) is 12.4 Å². The molecule has 2 unspecified atom stereocenters. The molecule has 0 radical (unpaired) electrons. The van der Waals surface area contributed by atoms with E-state index in [1.54, 1.807) is 0 Å². The number of aromatic nitrogens is 1. The molecule has 2 heteroatoms. The van der Waals surface area contributed by atoms with Gasteiger partial charge in [0.25, 0.3) is 0 Å². The predicted molar refractivity (Wildman–Crippen MR) is 83.3 cm³/mol. The van der Waals surface area contributed by atoms with Crippen molar-refractivity contribution in [1.29, 1.82) is 0 Å². The molecule has 0 fully saturated rings. The van der Waals surface area contributed by atoms with Gasteiger partial charge >= 0.3 is 0 Å². The molecule has 108 valence electrons. The van der Waals surface area contributed by atoms with Crippen molar-refractivity contribution in [3.63, 3.8) is 0 Å². The molecule has 0 bridgehead atoms. The first kappa shape index (κ1) is 16.2. The summed E-state index contributed by atoms with van der Waals surface area (Å²) in [4.78, 5) is 4.37. The Labute approximate surface area is 119 Å². The van der Waals surface area contributed by atoms with Crippen LogP contribution in [0.4, 0.5) is 0 Å². The highest BCUT2D eigenvalue weighted by Crippen LogP contribution is 2.29. The average molecular weight is 262 g/mol. The zero-order valence-corrected chi connectivity index (χ0v) is 13.1. The lowest BCUT2D eigenvalue weighted by Crippen LogP contribution is -2.29. The molecule has 1 rings (SSSR count). The maximum absolute atomic E-state index is 4.37. The van der Waals surface area contributed by atoms with Crippen LogP contribution in [0, 0.1) is 12.8 Å². The molecule has 2 atom stereocenters. The Morgan fingerprint density at radius 3 is 2.53 bits per heavy atom. The number of hydrogen-bond acceptors (Lipinski definition) is 2. The predicted octanol–water partition coefficient (Wildman–Crippen LogP) is 4.65. The lowest BCUT2D eigenvalue weighted by molar-refractivity contribution is 0.323. The maximum atomic E-state index is 4.37. The molecule has 1 N–H and O–H groups in total. The topological polar surface area (TPSA) is 24.9 Å². The highest BCUT2D eigenvalue weighted by molar-refractivity contribution is 5.21. The van der Waals surface area contributed by atoms with Crippen LogP contribution >= 0.6 is 0 Å². The average Bonchev–Trinajstić information content (AvgIpc) is 2.42. The van der Waals surface area contributed by atoms with Crippen molar-refractivity contribution in [2.75, 3.05) is 6.54 Å². The Morgan fingerprint density at radius 1 is 1.16 bits per heavy atom. The fraction of sp³-hybridized carbons (Fsp3) is 0.706. The van der Waals surface area contributed by atoms with Crippen molar-refractivity contribution < 1.29 is 0 Å². The van der Waals surface area contributed by atoms with Gasteiger partial charge in [-0.3, -0.25) is 4.98 Å². The van der Waals surface area contributed by atoms with Crippen LogP contribution in [0.15, 0.2) is 18.5 Å². The van der Waals surface area contributed by atoms with Crippen molar-refractivity contribution in [3.8, 4) is 0 Å². The second-order valence-corrected chi connectivity index (χ2v) is 5.54. The number of rotatable bonds is 9. The number of nitrogens with one attached hydrogen (secondary N) is 1. The van der Waals surface area contributed by atoms with E-state index in [2.05, 4.69) is 44.1 Å². The maximum Gasteiger partial charge on any atom is 0.0363 e. The van der Waals surface area contributed by atoms with E-state index in [9.17, 15) is 0 Å². The molecule has 0 saturated heterocycles. The lowest BCUT2D eigenvalue weighted by Gasteiger charge is -2.28. The van der Waals surface area contributed by atoms with E-state index in [4.69, 9.17) is 0 Å². The van der Waals surface area contributed by atoms with Crippen molar-refractivity contribution in [3.05, 3.63) is 29.6 Å². The van der Waals surface area contributed by atoms with E-state index in [-0.39, 0.29) is 0 Å². The van der Waals surface area contributed by atoms with Gasteiger partial charge < -0.3 is 5.32 Å². The van der Waals surface area contributed by atoms with Crippen LogP contribution in [-0.4, -0.2) is 11.5 Å². The third-order valence-corrected chi connectivity index (χ3v) is 3.79. The third-order valence-electron chi connectivity index (χ3n) is 3.79. The van der Waals surface area contributed by atoms with E-state index >= 15 is 0 Å². The van der Waals surface area contributed by atoms with Gasteiger partial charge in [0, 0.05) is 18.4 Å². The first-order valence-electron chi connectivity index (χ1n) is 7.87. The van der Waals surface area contributed by atoms with Crippen molar-refractivity contribution in [2.24, 2.45) is 5.92 Å². The van der Waals surface area contributed by atoms with Gasteiger partial charge in [-0.15, -0.1) is 0 Å². The molecule has 1 aromatic heterocycles. The quantitative estimate of drug-likeness (QED) is 0.701. The van der Waals surface area contributed by atoms with Gasteiger partial charge in [0.1, 0.15) is 0 Å². The summed E-state index contributed by atoms with van der Waals surface area (Å²) in [6, 6.07) is 2.75. The van der Waals surface area contributed by atoms with Crippen LogP contribution in [0.5, 0.6) is 0 Å². The standard InChI is InChI=1S/C17H30N2/c1-5-8-9-15(7-3)17(19-10-6-2)16-11-14(4)12-18-13-16/h11-13,15,17,19H,5-10H2,1-4H3. The summed E-state index contributed by atoms with van der Waals surface area (Å²) in [6.07, 6.45) is 10.3. The fourth-order valence-electron chi connectivity index (χ4n) is 2.68. The molecule has 1 heterocycles. The first-order chi connectivity index (χ1) is 9.22. The van der Waals surface area contributed by atoms with Gasteiger partial charge in [-0.2, -0.15) is 0 Å². The Hall–Kier alpha value is -0.890. The van der Waals surface area contributed by atoms with Gasteiger partial charge in [-0.25, -0.2) is 0 Å². The van der Waals surface area contributed by atoms with Gasteiger partial charge in [0.2, 0.25) is 0 Å². The molecule has 1 aromatic rings. The summed E-state index contributed by atoms with van der Waals surface area (Å²) in [5, 5.41) is 3.73. The number of aryl methyl sites for hydroxylation is 1. The molecule has 19 heavy (non-hydrogen) atoms. The molecule has 0 spiro atoms. The minimum atomic E-state index is 0.462. The lowest BCUT2D eigenvalue weighted by atomic mass is 9.87.